The number of halogens is 4. The molecule has 0 aliphatic heterocycles. The highest BCUT2D eigenvalue weighted by Gasteiger charge is 2.34. The van der Waals surface area contributed by atoms with Gasteiger partial charge in [-0.1, -0.05) is 12.5 Å². The summed E-state index contributed by atoms with van der Waals surface area (Å²) in [6, 6.07) is 2.74. The summed E-state index contributed by atoms with van der Waals surface area (Å²) in [4.78, 5) is 0. The topological polar surface area (TPSA) is 32.3 Å². The quantitative estimate of drug-likeness (QED) is 0.836. The second kappa shape index (κ2) is 6.10. The van der Waals surface area contributed by atoms with E-state index in [4.69, 9.17) is 0 Å². The van der Waals surface area contributed by atoms with Crippen molar-refractivity contribution < 1.29 is 22.7 Å². The van der Waals surface area contributed by atoms with Gasteiger partial charge in [-0.05, 0) is 36.5 Å². The van der Waals surface area contributed by atoms with E-state index in [9.17, 15) is 22.7 Å². The molecule has 1 aromatic rings. The standard InChI is InChI=1S/C14H17F4NO/c15-11-5-4-9(12(6-11)14(16,17)18)7-19-13-3-1-2-10(13)8-20/h4-6,10,13,19-20H,1-3,7-8H2. The first-order valence-corrected chi connectivity index (χ1v) is 6.61. The fourth-order valence-corrected chi connectivity index (χ4v) is 2.73. The minimum Gasteiger partial charge on any atom is -0.396 e. The Morgan fingerprint density at radius 1 is 1.25 bits per heavy atom. The van der Waals surface area contributed by atoms with E-state index in [0.717, 1.165) is 31.4 Å². The smallest absolute Gasteiger partial charge is 0.396 e. The first-order chi connectivity index (χ1) is 9.41. The number of alkyl halides is 3. The summed E-state index contributed by atoms with van der Waals surface area (Å²) in [5, 5.41) is 12.2. The summed E-state index contributed by atoms with van der Waals surface area (Å²) >= 11 is 0. The second-order valence-corrected chi connectivity index (χ2v) is 5.16. The Hall–Kier alpha value is -1.14. The lowest BCUT2D eigenvalue weighted by molar-refractivity contribution is -0.138. The molecule has 2 rings (SSSR count). The van der Waals surface area contributed by atoms with E-state index in [1.54, 1.807) is 0 Å². The van der Waals surface area contributed by atoms with Crippen LogP contribution in [0.2, 0.25) is 0 Å². The van der Waals surface area contributed by atoms with Gasteiger partial charge >= 0.3 is 6.18 Å². The van der Waals surface area contributed by atoms with Crippen molar-refractivity contribution in [1.82, 2.24) is 5.32 Å². The van der Waals surface area contributed by atoms with Crippen LogP contribution in [0.25, 0.3) is 0 Å². The van der Waals surface area contributed by atoms with Crippen LogP contribution in [0.5, 0.6) is 0 Å². The Kier molecular flexibility index (Phi) is 4.65. The molecule has 6 heteroatoms. The molecule has 0 radical (unpaired) electrons. The van der Waals surface area contributed by atoms with Gasteiger partial charge in [0.2, 0.25) is 0 Å². The van der Waals surface area contributed by atoms with Crippen molar-refractivity contribution >= 4 is 0 Å². The van der Waals surface area contributed by atoms with Crippen LogP contribution < -0.4 is 5.32 Å². The number of hydrogen-bond donors (Lipinski definition) is 2. The van der Waals surface area contributed by atoms with Gasteiger partial charge in [-0.25, -0.2) is 4.39 Å². The first kappa shape index (κ1) is 15.3. The summed E-state index contributed by atoms with van der Waals surface area (Å²) in [7, 11) is 0. The van der Waals surface area contributed by atoms with Crippen molar-refractivity contribution in [2.24, 2.45) is 5.92 Å². The monoisotopic (exact) mass is 291 g/mol. The van der Waals surface area contributed by atoms with Crippen LogP contribution in [0.4, 0.5) is 17.6 Å². The van der Waals surface area contributed by atoms with E-state index in [0.29, 0.717) is 6.07 Å². The zero-order valence-electron chi connectivity index (χ0n) is 10.9. The molecule has 0 aromatic heterocycles. The predicted molar refractivity (Wildman–Crippen MR) is 66.5 cm³/mol. The number of rotatable bonds is 4. The van der Waals surface area contributed by atoms with E-state index >= 15 is 0 Å². The van der Waals surface area contributed by atoms with E-state index in [1.165, 1.54) is 0 Å². The summed E-state index contributed by atoms with van der Waals surface area (Å²) in [6.45, 7) is 0.0590. The highest BCUT2D eigenvalue weighted by molar-refractivity contribution is 5.30. The molecule has 2 unspecified atom stereocenters. The molecule has 2 atom stereocenters. The molecule has 0 amide bonds. The molecule has 1 saturated carbocycles. The molecule has 1 aliphatic carbocycles. The van der Waals surface area contributed by atoms with Crippen LogP contribution in [0, 0.1) is 11.7 Å². The predicted octanol–water partition coefficient (Wildman–Crippen LogP) is 3.10. The number of aliphatic hydroxyl groups is 1. The molecule has 20 heavy (non-hydrogen) atoms. The Morgan fingerprint density at radius 2 is 2.00 bits per heavy atom. The van der Waals surface area contributed by atoms with Gasteiger partial charge < -0.3 is 10.4 Å². The van der Waals surface area contributed by atoms with Gasteiger partial charge in [0.25, 0.3) is 0 Å². The summed E-state index contributed by atoms with van der Waals surface area (Å²) in [5.41, 5.74) is -0.911. The van der Waals surface area contributed by atoms with Crippen LogP contribution in [0.3, 0.4) is 0 Å². The lowest BCUT2D eigenvalue weighted by atomic mass is 10.0. The molecule has 0 bridgehead atoms. The Balaban J connectivity index is 2.09. The maximum Gasteiger partial charge on any atom is 0.416 e. The van der Waals surface area contributed by atoms with Gasteiger partial charge in [-0.2, -0.15) is 13.2 Å². The molecule has 1 aliphatic rings. The zero-order chi connectivity index (χ0) is 14.8. The molecule has 112 valence electrons. The van der Waals surface area contributed by atoms with E-state index in [2.05, 4.69) is 5.32 Å². The van der Waals surface area contributed by atoms with Gasteiger partial charge in [-0.15, -0.1) is 0 Å². The van der Waals surface area contributed by atoms with Crippen molar-refractivity contribution in [1.29, 1.82) is 0 Å². The van der Waals surface area contributed by atoms with Crippen LogP contribution >= 0.6 is 0 Å². The first-order valence-electron chi connectivity index (χ1n) is 6.61. The molecule has 0 heterocycles. The van der Waals surface area contributed by atoms with Crippen molar-refractivity contribution in [3.8, 4) is 0 Å². The van der Waals surface area contributed by atoms with Crippen molar-refractivity contribution in [2.45, 2.75) is 38.0 Å². The average Bonchev–Trinajstić information content (AvgIpc) is 2.83. The molecule has 0 spiro atoms. The fourth-order valence-electron chi connectivity index (χ4n) is 2.73. The van der Waals surface area contributed by atoms with Gasteiger partial charge in [0.15, 0.2) is 0 Å². The molecule has 1 aromatic carbocycles. The third-order valence-corrected chi connectivity index (χ3v) is 3.83. The molecule has 0 saturated heterocycles. The van der Waals surface area contributed by atoms with Crippen LogP contribution in [0.1, 0.15) is 30.4 Å². The van der Waals surface area contributed by atoms with Crippen molar-refractivity contribution in [3.63, 3.8) is 0 Å². The molecular formula is C14H17F4NO. The van der Waals surface area contributed by atoms with E-state index in [1.807, 2.05) is 0 Å². The van der Waals surface area contributed by atoms with Crippen molar-refractivity contribution in [2.75, 3.05) is 6.61 Å². The molecule has 2 N–H and O–H groups in total. The zero-order valence-corrected chi connectivity index (χ0v) is 10.9. The highest BCUT2D eigenvalue weighted by Crippen LogP contribution is 2.33. The number of benzene rings is 1. The maximum atomic E-state index is 13.0. The summed E-state index contributed by atoms with van der Waals surface area (Å²) in [5.74, 6) is -0.806. The van der Waals surface area contributed by atoms with Crippen LogP contribution in [-0.2, 0) is 12.7 Å². The Labute approximate surface area is 114 Å². The average molecular weight is 291 g/mol. The number of aliphatic hydroxyl groups excluding tert-OH is 1. The van der Waals surface area contributed by atoms with Gasteiger partial charge in [0.1, 0.15) is 5.82 Å². The maximum absolute atomic E-state index is 13.0. The van der Waals surface area contributed by atoms with E-state index < -0.39 is 17.6 Å². The number of hydrogen-bond acceptors (Lipinski definition) is 2. The molecule has 1 fully saturated rings. The van der Waals surface area contributed by atoms with Gasteiger partial charge in [0.05, 0.1) is 5.56 Å². The molecule has 2 nitrogen and oxygen atoms in total. The lowest BCUT2D eigenvalue weighted by Gasteiger charge is -2.20. The highest BCUT2D eigenvalue weighted by atomic mass is 19.4. The minimum atomic E-state index is -4.56. The normalized spacial score (nSPS) is 23.2. The largest absolute Gasteiger partial charge is 0.416 e. The summed E-state index contributed by atoms with van der Waals surface area (Å²) in [6.07, 6.45) is -1.89. The fraction of sp³-hybridized carbons (Fsp3) is 0.571. The van der Waals surface area contributed by atoms with Crippen LogP contribution in [0.15, 0.2) is 18.2 Å². The second-order valence-electron chi connectivity index (χ2n) is 5.16. The van der Waals surface area contributed by atoms with Crippen LogP contribution in [-0.4, -0.2) is 17.8 Å². The lowest BCUT2D eigenvalue weighted by Crippen LogP contribution is -2.34. The molecular weight excluding hydrogens is 274 g/mol. The Morgan fingerprint density at radius 3 is 2.65 bits per heavy atom. The van der Waals surface area contributed by atoms with Crippen molar-refractivity contribution in [3.05, 3.63) is 35.1 Å². The third kappa shape index (κ3) is 3.49. The van der Waals surface area contributed by atoms with Gasteiger partial charge in [0, 0.05) is 19.2 Å². The van der Waals surface area contributed by atoms with E-state index in [-0.39, 0.29) is 30.7 Å². The third-order valence-electron chi connectivity index (χ3n) is 3.83. The number of nitrogens with one attached hydrogen (secondary N) is 1. The minimum absolute atomic E-state index is 0.0196. The Bertz CT molecular complexity index is 461. The summed E-state index contributed by atoms with van der Waals surface area (Å²) < 4.78 is 51.5. The SMILES string of the molecule is OCC1CCCC1NCc1ccc(F)cc1C(F)(F)F. The van der Waals surface area contributed by atoms with Gasteiger partial charge in [-0.3, -0.25) is 0 Å².